The Morgan fingerprint density at radius 3 is 2.52 bits per heavy atom. The van der Waals surface area contributed by atoms with E-state index in [9.17, 15) is 0 Å². The van der Waals surface area contributed by atoms with Crippen molar-refractivity contribution in [1.29, 1.82) is 0 Å². The van der Waals surface area contributed by atoms with Crippen molar-refractivity contribution in [2.75, 3.05) is 51.3 Å². The fourth-order valence-corrected chi connectivity index (χ4v) is 3.79. The van der Waals surface area contributed by atoms with E-state index in [1.165, 1.54) is 0 Å². The summed E-state index contributed by atoms with van der Waals surface area (Å²) in [5.41, 5.74) is 3.90. The van der Waals surface area contributed by atoms with E-state index in [2.05, 4.69) is 27.5 Å². The molecule has 1 aromatic carbocycles. The molecule has 3 aromatic rings. The number of hydrogen-bond donors (Lipinski definition) is 0. The molecule has 7 nitrogen and oxygen atoms in total. The van der Waals surface area contributed by atoms with Crippen LogP contribution in [-0.4, -0.2) is 65.9 Å². The van der Waals surface area contributed by atoms with Crippen LogP contribution in [0.15, 0.2) is 30.5 Å². The zero-order valence-electron chi connectivity index (χ0n) is 15.7. The average molecular weight is 365 g/mol. The number of piperazine rings is 1. The lowest BCUT2D eigenvalue weighted by Gasteiger charge is -2.33. The maximum absolute atomic E-state index is 5.73. The van der Waals surface area contributed by atoms with Gasteiger partial charge in [-0.25, -0.2) is 9.97 Å². The van der Waals surface area contributed by atoms with Crippen LogP contribution in [0.25, 0.3) is 16.9 Å². The van der Waals surface area contributed by atoms with Crippen molar-refractivity contribution in [3.05, 3.63) is 36.3 Å². The van der Waals surface area contributed by atoms with Gasteiger partial charge < -0.3 is 19.3 Å². The zero-order valence-corrected chi connectivity index (χ0v) is 15.7. The molecule has 140 valence electrons. The van der Waals surface area contributed by atoms with Crippen LogP contribution >= 0.6 is 0 Å². The highest BCUT2D eigenvalue weighted by Gasteiger charge is 2.19. The van der Waals surface area contributed by atoms with Crippen LogP contribution in [0, 0.1) is 6.92 Å². The van der Waals surface area contributed by atoms with Gasteiger partial charge in [0.1, 0.15) is 24.6 Å². The van der Waals surface area contributed by atoms with Crippen LogP contribution in [0.4, 0.5) is 5.69 Å². The number of likely N-dealkylation sites (N-methyl/N-ethyl adjacent to an activating group) is 1. The van der Waals surface area contributed by atoms with Gasteiger partial charge in [-0.05, 0) is 32.2 Å². The summed E-state index contributed by atoms with van der Waals surface area (Å²) in [6.45, 7) is 7.36. The largest absolute Gasteiger partial charge is 0.486 e. The lowest BCUT2D eigenvalue weighted by molar-refractivity contribution is 0.171. The Kier molecular flexibility index (Phi) is 3.89. The summed E-state index contributed by atoms with van der Waals surface area (Å²) in [5.74, 6) is 2.47. The van der Waals surface area contributed by atoms with E-state index >= 15 is 0 Å². The predicted molar refractivity (Wildman–Crippen MR) is 104 cm³/mol. The summed E-state index contributed by atoms with van der Waals surface area (Å²) in [6, 6.07) is 8.12. The Balaban J connectivity index is 1.53. The van der Waals surface area contributed by atoms with Crippen LogP contribution in [0.1, 0.15) is 5.82 Å². The van der Waals surface area contributed by atoms with Crippen molar-refractivity contribution >= 4 is 16.9 Å². The number of aryl methyl sites for hydroxylation is 1. The molecule has 4 heterocycles. The van der Waals surface area contributed by atoms with E-state index < -0.39 is 0 Å². The number of ether oxygens (including phenoxy) is 2. The third-order valence-corrected chi connectivity index (χ3v) is 5.30. The minimum absolute atomic E-state index is 0.576. The van der Waals surface area contributed by atoms with Gasteiger partial charge >= 0.3 is 0 Å². The minimum Gasteiger partial charge on any atom is -0.486 e. The highest BCUT2D eigenvalue weighted by molar-refractivity contribution is 5.78. The summed E-state index contributed by atoms with van der Waals surface area (Å²) in [5, 5.41) is 0. The van der Waals surface area contributed by atoms with Gasteiger partial charge in [-0.3, -0.25) is 4.57 Å². The highest BCUT2D eigenvalue weighted by Crippen LogP contribution is 2.33. The number of hydrogen-bond acceptors (Lipinski definition) is 6. The molecule has 2 aromatic heterocycles. The zero-order chi connectivity index (χ0) is 18.4. The molecule has 0 N–H and O–H groups in total. The highest BCUT2D eigenvalue weighted by atomic mass is 16.6. The number of rotatable bonds is 2. The van der Waals surface area contributed by atoms with E-state index in [1.54, 1.807) is 0 Å². The summed E-state index contributed by atoms with van der Waals surface area (Å²) in [4.78, 5) is 14.3. The molecular weight excluding hydrogens is 342 g/mol. The van der Waals surface area contributed by atoms with Gasteiger partial charge in [0.05, 0.1) is 17.6 Å². The first-order valence-corrected chi connectivity index (χ1v) is 9.38. The standard InChI is InChI=1S/C20H23N5O2/c1-14-22-17-11-16(24-7-5-23(2)6-8-24)13-21-20(17)25(14)15-3-4-18-19(12-15)27-10-9-26-18/h3-4,11-13H,5-10H2,1-2H3. The molecule has 0 saturated carbocycles. The van der Waals surface area contributed by atoms with Gasteiger partial charge in [0.15, 0.2) is 17.1 Å². The fourth-order valence-electron chi connectivity index (χ4n) is 3.79. The second-order valence-corrected chi connectivity index (χ2v) is 7.15. The predicted octanol–water partition coefficient (Wildman–Crippen LogP) is 2.25. The molecule has 0 spiro atoms. The van der Waals surface area contributed by atoms with Crippen LogP contribution in [0.5, 0.6) is 11.5 Å². The molecule has 27 heavy (non-hydrogen) atoms. The lowest BCUT2D eigenvalue weighted by atomic mass is 10.2. The van der Waals surface area contributed by atoms with Crippen molar-refractivity contribution in [3.8, 4) is 17.2 Å². The molecule has 7 heteroatoms. The van der Waals surface area contributed by atoms with Crippen LogP contribution in [0.2, 0.25) is 0 Å². The number of anilines is 1. The fraction of sp³-hybridized carbons (Fsp3) is 0.400. The van der Waals surface area contributed by atoms with E-state index in [4.69, 9.17) is 19.4 Å². The molecule has 1 saturated heterocycles. The molecule has 0 aliphatic carbocycles. The summed E-state index contributed by atoms with van der Waals surface area (Å²) in [6.07, 6.45) is 1.96. The molecule has 0 unspecified atom stereocenters. The number of nitrogens with zero attached hydrogens (tertiary/aromatic N) is 5. The normalized spacial score (nSPS) is 17.5. The molecule has 2 aliphatic heterocycles. The Morgan fingerprint density at radius 1 is 0.926 bits per heavy atom. The van der Waals surface area contributed by atoms with E-state index in [1.807, 2.05) is 31.3 Å². The van der Waals surface area contributed by atoms with Crippen molar-refractivity contribution in [2.24, 2.45) is 0 Å². The summed E-state index contributed by atoms with van der Waals surface area (Å²) < 4.78 is 13.4. The van der Waals surface area contributed by atoms with Crippen molar-refractivity contribution in [3.63, 3.8) is 0 Å². The molecular formula is C20H23N5O2. The molecule has 0 amide bonds. The average Bonchev–Trinajstić information content (AvgIpc) is 3.03. The monoisotopic (exact) mass is 365 g/mol. The molecule has 5 rings (SSSR count). The Labute approximate surface area is 158 Å². The molecule has 0 bridgehead atoms. The van der Waals surface area contributed by atoms with Gasteiger partial charge in [-0.15, -0.1) is 0 Å². The van der Waals surface area contributed by atoms with Gasteiger partial charge in [0.25, 0.3) is 0 Å². The van der Waals surface area contributed by atoms with Crippen LogP contribution in [-0.2, 0) is 0 Å². The molecule has 0 atom stereocenters. The van der Waals surface area contributed by atoms with Gasteiger partial charge in [0, 0.05) is 32.2 Å². The van der Waals surface area contributed by atoms with Crippen LogP contribution < -0.4 is 14.4 Å². The van der Waals surface area contributed by atoms with E-state index in [0.29, 0.717) is 13.2 Å². The second-order valence-electron chi connectivity index (χ2n) is 7.15. The maximum atomic E-state index is 5.73. The number of imidazole rings is 1. The van der Waals surface area contributed by atoms with Crippen molar-refractivity contribution < 1.29 is 9.47 Å². The Bertz CT molecular complexity index is 991. The lowest BCUT2D eigenvalue weighted by Crippen LogP contribution is -2.44. The first-order chi connectivity index (χ1) is 13.2. The molecule has 1 fully saturated rings. The number of pyridine rings is 1. The maximum Gasteiger partial charge on any atom is 0.164 e. The minimum atomic E-state index is 0.576. The third-order valence-electron chi connectivity index (χ3n) is 5.30. The van der Waals surface area contributed by atoms with Gasteiger partial charge in [-0.1, -0.05) is 0 Å². The second kappa shape index (κ2) is 6.42. The molecule has 2 aliphatic rings. The SMILES string of the molecule is Cc1nc2cc(N3CCN(C)CC3)cnc2n1-c1ccc2c(c1)OCCO2. The quantitative estimate of drug-likeness (QED) is 0.694. The first-order valence-electron chi connectivity index (χ1n) is 9.38. The van der Waals surface area contributed by atoms with E-state index in [-0.39, 0.29) is 0 Å². The van der Waals surface area contributed by atoms with Gasteiger partial charge in [0.2, 0.25) is 0 Å². The van der Waals surface area contributed by atoms with Crippen molar-refractivity contribution in [2.45, 2.75) is 6.92 Å². The number of fused-ring (bicyclic) bond motifs is 2. The summed E-state index contributed by atoms with van der Waals surface area (Å²) >= 11 is 0. The molecule has 0 radical (unpaired) electrons. The van der Waals surface area contributed by atoms with Gasteiger partial charge in [-0.2, -0.15) is 0 Å². The topological polar surface area (TPSA) is 55.7 Å². The number of benzene rings is 1. The van der Waals surface area contributed by atoms with Crippen LogP contribution in [0.3, 0.4) is 0 Å². The Hall–Kier alpha value is -2.80. The first kappa shape index (κ1) is 16.4. The smallest absolute Gasteiger partial charge is 0.164 e. The number of aromatic nitrogens is 3. The van der Waals surface area contributed by atoms with E-state index in [0.717, 1.165) is 66.0 Å². The Morgan fingerprint density at radius 2 is 1.70 bits per heavy atom. The van der Waals surface area contributed by atoms with Crippen molar-refractivity contribution in [1.82, 2.24) is 19.4 Å². The summed E-state index contributed by atoms with van der Waals surface area (Å²) in [7, 11) is 2.16. The third kappa shape index (κ3) is 2.88.